The maximum atomic E-state index is 12.6. The highest BCUT2D eigenvalue weighted by molar-refractivity contribution is 7.92. The Kier molecular flexibility index (Phi) is 5.05. The van der Waals surface area contributed by atoms with E-state index in [9.17, 15) is 13.2 Å². The Morgan fingerprint density at radius 3 is 2.72 bits per heavy atom. The van der Waals surface area contributed by atoms with Gasteiger partial charge in [0.15, 0.2) is 0 Å². The molecule has 0 saturated carbocycles. The number of H-pyrrole nitrogens is 1. The summed E-state index contributed by atoms with van der Waals surface area (Å²) >= 11 is 6.05. The summed E-state index contributed by atoms with van der Waals surface area (Å²) < 4.78 is 33.2. The molecule has 152 valence electrons. The van der Waals surface area contributed by atoms with Crippen LogP contribution in [0.15, 0.2) is 39.8 Å². The Morgan fingerprint density at radius 2 is 2.00 bits per heavy atom. The van der Waals surface area contributed by atoms with Crippen LogP contribution >= 0.6 is 11.6 Å². The lowest BCUT2D eigenvalue weighted by atomic mass is 10.2. The van der Waals surface area contributed by atoms with Gasteiger partial charge in [-0.25, -0.2) is 8.42 Å². The third-order valence-electron chi connectivity index (χ3n) is 4.62. The average molecular weight is 436 g/mol. The van der Waals surface area contributed by atoms with Gasteiger partial charge in [0.25, 0.3) is 15.9 Å². The zero-order chi connectivity index (χ0) is 20.6. The fourth-order valence-corrected chi connectivity index (χ4v) is 4.22. The monoisotopic (exact) mass is 435 g/mol. The van der Waals surface area contributed by atoms with Gasteiger partial charge in [-0.2, -0.15) is 0 Å². The topological polar surface area (TPSA) is 121 Å². The minimum Gasteiger partial charge on any atom is -0.411 e. The second-order valence-electron chi connectivity index (χ2n) is 6.73. The van der Waals surface area contributed by atoms with Crippen LogP contribution in [0.1, 0.15) is 29.1 Å². The molecule has 3 aromatic rings. The van der Waals surface area contributed by atoms with Crippen LogP contribution in [0.4, 0.5) is 5.69 Å². The number of sulfonamides is 1. The molecule has 1 aliphatic heterocycles. The van der Waals surface area contributed by atoms with Crippen LogP contribution in [0.25, 0.3) is 11.6 Å². The number of halogens is 1. The van der Waals surface area contributed by atoms with Crippen molar-refractivity contribution in [3.8, 4) is 11.6 Å². The molecule has 1 amide bonds. The van der Waals surface area contributed by atoms with E-state index in [-0.39, 0.29) is 22.6 Å². The molecule has 1 aromatic carbocycles. The number of aromatic amines is 1. The number of rotatable bonds is 5. The van der Waals surface area contributed by atoms with E-state index in [2.05, 4.69) is 19.9 Å². The lowest BCUT2D eigenvalue weighted by Crippen LogP contribution is -2.27. The summed E-state index contributed by atoms with van der Waals surface area (Å²) in [7, 11) is -3.86. The maximum absolute atomic E-state index is 12.6. The molecule has 0 atom stereocenters. The van der Waals surface area contributed by atoms with Crippen LogP contribution < -0.4 is 4.72 Å². The molecule has 1 aliphatic rings. The first kappa shape index (κ1) is 19.5. The van der Waals surface area contributed by atoms with Crippen molar-refractivity contribution in [1.82, 2.24) is 20.1 Å². The molecular weight excluding hydrogens is 418 g/mol. The van der Waals surface area contributed by atoms with Crippen LogP contribution in [-0.2, 0) is 10.0 Å². The van der Waals surface area contributed by atoms with Gasteiger partial charge in [-0.3, -0.25) is 9.52 Å². The molecular formula is C18H18ClN5O4S. The van der Waals surface area contributed by atoms with E-state index in [1.165, 1.54) is 18.3 Å². The van der Waals surface area contributed by atoms with Crippen LogP contribution in [0.5, 0.6) is 0 Å². The molecule has 29 heavy (non-hydrogen) atoms. The van der Waals surface area contributed by atoms with E-state index in [1.807, 2.05) is 6.92 Å². The third-order valence-corrected chi connectivity index (χ3v) is 6.39. The van der Waals surface area contributed by atoms with Gasteiger partial charge in [-0.1, -0.05) is 17.7 Å². The summed E-state index contributed by atoms with van der Waals surface area (Å²) in [6.45, 7) is 3.15. The van der Waals surface area contributed by atoms with Crippen molar-refractivity contribution in [3.05, 3.63) is 46.9 Å². The van der Waals surface area contributed by atoms with Crippen molar-refractivity contribution < 1.29 is 17.6 Å². The summed E-state index contributed by atoms with van der Waals surface area (Å²) in [5.41, 5.74) is 1.48. The first-order valence-electron chi connectivity index (χ1n) is 8.94. The Bertz CT molecular complexity index is 1160. The number of aryl methyl sites for hydroxylation is 1. The number of benzene rings is 1. The van der Waals surface area contributed by atoms with Crippen molar-refractivity contribution in [3.63, 3.8) is 0 Å². The number of anilines is 1. The van der Waals surface area contributed by atoms with Gasteiger partial charge in [-0.15, -0.1) is 10.2 Å². The highest BCUT2D eigenvalue weighted by Gasteiger charge is 2.26. The van der Waals surface area contributed by atoms with E-state index in [0.717, 1.165) is 18.4 Å². The van der Waals surface area contributed by atoms with Crippen LogP contribution in [0.3, 0.4) is 0 Å². The second kappa shape index (κ2) is 7.53. The fourth-order valence-electron chi connectivity index (χ4n) is 3.00. The van der Waals surface area contributed by atoms with Gasteiger partial charge in [0.05, 0.1) is 5.69 Å². The molecule has 0 bridgehead atoms. The first-order chi connectivity index (χ1) is 13.8. The van der Waals surface area contributed by atoms with Gasteiger partial charge in [0, 0.05) is 24.3 Å². The molecule has 3 heterocycles. The predicted octanol–water partition coefficient (Wildman–Crippen LogP) is 3.06. The van der Waals surface area contributed by atoms with Crippen molar-refractivity contribution in [1.29, 1.82) is 0 Å². The van der Waals surface area contributed by atoms with Gasteiger partial charge in [0.1, 0.15) is 10.6 Å². The minimum absolute atomic E-state index is 0.0187. The van der Waals surface area contributed by atoms with E-state index >= 15 is 0 Å². The molecule has 9 nitrogen and oxygen atoms in total. The second-order valence-corrected chi connectivity index (χ2v) is 8.82. The van der Waals surface area contributed by atoms with E-state index in [1.54, 1.807) is 17.0 Å². The lowest BCUT2D eigenvalue weighted by molar-refractivity contribution is 0.0754. The molecule has 2 N–H and O–H groups in total. The first-order valence-corrected chi connectivity index (χ1v) is 10.8. The van der Waals surface area contributed by atoms with Crippen LogP contribution in [0.2, 0.25) is 5.02 Å². The summed E-state index contributed by atoms with van der Waals surface area (Å²) in [5.74, 6) is -0.403. The van der Waals surface area contributed by atoms with Gasteiger partial charge < -0.3 is 14.3 Å². The number of amides is 1. The van der Waals surface area contributed by atoms with Crippen molar-refractivity contribution in [2.75, 3.05) is 17.8 Å². The van der Waals surface area contributed by atoms with Crippen molar-refractivity contribution in [2.24, 2.45) is 0 Å². The van der Waals surface area contributed by atoms with Gasteiger partial charge >= 0.3 is 11.8 Å². The number of carbonyl (C=O) groups excluding carboxylic acids is 1. The van der Waals surface area contributed by atoms with E-state index in [0.29, 0.717) is 29.5 Å². The zero-order valence-corrected chi connectivity index (χ0v) is 17.0. The number of likely N-dealkylation sites (tertiary alicyclic amines) is 1. The number of hydrogen-bond donors (Lipinski definition) is 2. The smallest absolute Gasteiger partial charge is 0.311 e. The molecule has 0 unspecified atom stereocenters. The van der Waals surface area contributed by atoms with Crippen LogP contribution in [-0.4, -0.2) is 47.5 Å². The molecule has 1 saturated heterocycles. The maximum Gasteiger partial charge on any atom is 0.311 e. The van der Waals surface area contributed by atoms with Gasteiger partial charge in [-0.05, 0) is 43.5 Å². The molecule has 2 aromatic heterocycles. The van der Waals surface area contributed by atoms with E-state index in [4.69, 9.17) is 16.0 Å². The van der Waals surface area contributed by atoms with Crippen molar-refractivity contribution in [2.45, 2.75) is 24.7 Å². The predicted molar refractivity (Wildman–Crippen MR) is 106 cm³/mol. The Balaban J connectivity index is 1.53. The molecule has 0 aliphatic carbocycles. The SMILES string of the molecule is Cc1ccc(NS(=O)(=O)c2c[nH]c(-c3nnc(C(=O)N4CCCC4)o3)c2)cc1Cl. The van der Waals surface area contributed by atoms with Crippen molar-refractivity contribution >= 4 is 33.2 Å². The number of nitrogens with one attached hydrogen (secondary N) is 2. The number of hydrogen-bond acceptors (Lipinski definition) is 6. The normalized spacial score (nSPS) is 14.3. The number of aromatic nitrogens is 3. The minimum atomic E-state index is -3.86. The molecule has 0 spiro atoms. The molecule has 11 heteroatoms. The highest BCUT2D eigenvalue weighted by atomic mass is 35.5. The quantitative estimate of drug-likeness (QED) is 0.635. The number of carbonyl (C=O) groups is 1. The summed E-state index contributed by atoms with van der Waals surface area (Å²) in [5, 5.41) is 8.10. The standard InChI is InChI=1S/C18H18ClN5O4S/c1-11-4-5-12(8-14(11)19)23-29(26,27)13-9-15(20-10-13)16-21-22-17(28-16)18(25)24-6-2-3-7-24/h4-5,8-10,20,23H,2-3,6-7H2,1H3. The zero-order valence-electron chi connectivity index (χ0n) is 15.5. The third kappa shape index (κ3) is 3.99. The highest BCUT2D eigenvalue weighted by Crippen LogP contribution is 2.25. The Morgan fingerprint density at radius 1 is 1.24 bits per heavy atom. The molecule has 0 radical (unpaired) electrons. The number of nitrogens with zero attached hydrogens (tertiary/aromatic N) is 3. The van der Waals surface area contributed by atoms with E-state index < -0.39 is 10.0 Å². The fraction of sp³-hybridized carbons (Fsp3) is 0.278. The molecule has 4 rings (SSSR count). The molecule has 1 fully saturated rings. The Labute approximate surface area is 172 Å². The summed E-state index contributed by atoms with van der Waals surface area (Å²) in [4.78, 5) is 16.7. The van der Waals surface area contributed by atoms with Crippen LogP contribution in [0, 0.1) is 6.92 Å². The van der Waals surface area contributed by atoms with Gasteiger partial charge in [0.2, 0.25) is 0 Å². The lowest BCUT2D eigenvalue weighted by Gasteiger charge is -2.11. The average Bonchev–Trinajstić information content (AvgIpc) is 3.44. The summed E-state index contributed by atoms with van der Waals surface area (Å²) in [6, 6.07) is 6.24. The Hall–Kier alpha value is -2.85. The summed E-state index contributed by atoms with van der Waals surface area (Å²) in [6.07, 6.45) is 3.20. The largest absolute Gasteiger partial charge is 0.411 e.